The first-order chi connectivity index (χ1) is 19.6. The van der Waals surface area contributed by atoms with Crippen LogP contribution in [0.1, 0.15) is 56.9 Å². The Kier molecular flexibility index (Phi) is 8.39. The van der Waals surface area contributed by atoms with Crippen molar-refractivity contribution in [3.63, 3.8) is 0 Å². The highest BCUT2D eigenvalue weighted by Gasteiger charge is 2.49. The van der Waals surface area contributed by atoms with Gasteiger partial charge in [-0.3, -0.25) is 9.88 Å². The number of benzene rings is 1. The van der Waals surface area contributed by atoms with E-state index in [1.165, 1.54) is 4.31 Å². The Labute approximate surface area is 248 Å². The van der Waals surface area contributed by atoms with Crippen molar-refractivity contribution in [1.82, 2.24) is 18.5 Å². The second-order valence-electron chi connectivity index (χ2n) is 12.0. The zero-order valence-electron chi connectivity index (χ0n) is 23.4. The minimum absolute atomic E-state index is 0.0456. The van der Waals surface area contributed by atoms with E-state index >= 15 is 0 Å². The zero-order chi connectivity index (χ0) is 28.8. The van der Waals surface area contributed by atoms with E-state index in [1.54, 1.807) is 41.8 Å². The van der Waals surface area contributed by atoms with Gasteiger partial charge in [0.25, 0.3) is 0 Å². The number of hydrogen-bond acceptors (Lipinski definition) is 7. The maximum Gasteiger partial charge on any atom is 0.245 e. The van der Waals surface area contributed by atoms with Crippen molar-refractivity contribution in [1.29, 1.82) is 0 Å². The molecule has 0 spiro atoms. The van der Waals surface area contributed by atoms with Gasteiger partial charge >= 0.3 is 0 Å². The lowest BCUT2D eigenvalue weighted by Crippen LogP contribution is -2.65. The Morgan fingerprint density at radius 2 is 1.68 bits per heavy atom. The largest absolute Gasteiger partial charge is 0.490 e. The number of aromatic nitrogens is 1. The number of piperidine rings is 1. The van der Waals surface area contributed by atoms with Gasteiger partial charge in [-0.25, -0.2) is 16.8 Å². The molecule has 12 heteroatoms. The maximum atomic E-state index is 13.5. The van der Waals surface area contributed by atoms with E-state index < -0.39 is 20.0 Å². The molecule has 224 valence electrons. The molecule has 0 aliphatic carbocycles. The Balaban J connectivity index is 0.996. The fraction of sp³-hybridized carbons (Fsp3) is 0.621. The van der Waals surface area contributed by atoms with E-state index in [2.05, 4.69) is 9.88 Å². The van der Waals surface area contributed by atoms with Crippen molar-refractivity contribution in [2.75, 3.05) is 25.4 Å². The number of aryl methyl sites for hydroxylation is 1. The van der Waals surface area contributed by atoms with Crippen molar-refractivity contribution < 1.29 is 21.6 Å². The van der Waals surface area contributed by atoms with E-state index in [4.69, 9.17) is 16.3 Å². The molecule has 0 N–H and O–H groups in total. The molecule has 2 unspecified atom stereocenters. The third-order valence-corrected chi connectivity index (χ3v) is 13.8. The monoisotopic (exact) mass is 622 g/mol. The molecule has 0 radical (unpaired) electrons. The second kappa shape index (κ2) is 11.7. The Morgan fingerprint density at radius 1 is 0.976 bits per heavy atom. The van der Waals surface area contributed by atoms with E-state index in [1.807, 2.05) is 12.1 Å². The van der Waals surface area contributed by atoms with Crippen LogP contribution in [0.3, 0.4) is 0 Å². The topological polar surface area (TPSA) is 100 Å². The number of nitrogens with zero attached hydrogens (tertiary/aromatic N) is 4. The molecular formula is C29H39ClN4O5S2. The number of rotatable bonds is 10. The van der Waals surface area contributed by atoms with Gasteiger partial charge in [-0.1, -0.05) is 23.7 Å². The van der Waals surface area contributed by atoms with Crippen LogP contribution in [0.2, 0.25) is 5.02 Å². The predicted octanol–water partition coefficient (Wildman–Crippen LogP) is 4.07. The molecule has 2 aromatic rings. The molecule has 9 nitrogen and oxygen atoms in total. The lowest BCUT2D eigenvalue weighted by Gasteiger charge is -2.50. The first-order valence-electron chi connectivity index (χ1n) is 14.7. The third kappa shape index (κ3) is 5.90. The molecule has 4 aliphatic heterocycles. The molecular weight excluding hydrogens is 584 g/mol. The summed E-state index contributed by atoms with van der Waals surface area (Å²) in [5, 5.41) is 0.226. The van der Waals surface area contributed by atoms with Crippen molar-refractivity contribution in [3.8, 4) is 5.75 Å². The van der Waals surface area contributed by atoms with Crippen molar-refractivity contribution in [3.05, 3.63) is 53.3 Å². The van der Waals surface area contributed by atoms with Crippen LogP contribution >= 0.6 is 11.6 Å². The average molecular weight is 623 g/mol. The standard InChI is InChI=1S/C29H39ClN4O5S2/c1-21-5-2-8-28(30)29(21)41(37,38)33-15-3-6-22(33)7-4-16-40(35,36)32-19-25(20-32)34-23-9-10-24(34)18-27(17-23)39-26-11-13-31-14-12-26/h2,5,8,11-14,22-25,27H,3-4,6-7,9-10,15-20H2,1H3/t22?,23-,24+,27?. The maximum absolute atomic E-state index is 13.5. The summed E-state index contributed by atoms with van der Waals surface area (Å²) in [6, 6.07) is 9.82. The first-order valence-corrected chi connectivity index (χ1v) is 18.1. The van der Waals surface area contributed by atoms with Crippen LogP contribution in [-0.4, -0.2) is 91.0 Å². The summed E-state index contributed by atoms with van der Waals surface area (Å²) in [4.78, 5) is 6.79. The Morgan fingerprint density at radius 3 is 2.37 bits per heavy atom. The molecule has 4 aliphatic rings. The quantitative estimate of drug-likeness (QED) is 0.394. The van der Waals surface area contributed by atoms with Gasteiger partial charge in [-0.15, -0.1) is 0 Å². The lowest BCUT2D eigenvalue weighted by molar-refractivity contribution is -0.0147. The molecule has 4 saturated heterocycles. The highest BCUT2D eigenvalue weighted by molar-refractivity contribution is 7.89. The van der Waals surface area contributed by atoms with Crippen molar-refractivity contribution >= 4 is 31.6 Å². The summed E-state index contributed by atoms with van der Waals surface area (Å²) >= 11 is 6.29. The molecule has 4 atom stereocenters. The van der Waals surface area contributed by atoms with E-state index in [9.17, 15) is 16.8 Å². The molecule has 0 saturated carbocycles. The average Bonchev–Trinajstić information content (AvgIpc) is 3.46. The van der Waals surface area contributed by atoms with Crippen molar-refractivity contribution in [2.24, 2.45) is 0 Å². The Bertz CT molecular complexity index is 1420. The molecule has 1 aromatic carbocycles. The van der Waals surface area contributed by atoms with Crippen LogP contribution in [0.15, 0.2) is 47.6 Å². The molecule has 41 heavy (non-hydrogen) atoms. The number of sulfonamides is 2. The highest BCUT2D eigenvalue weighted by Crippen LogP contribution is 2.41. The van der Waals surface area contributed by atoms with E-state index in [0.29, 0.717) is 50.1 Å². The van der Waals surface area contributed by atoms with Crippen LogP contribution in [-0.2, 0) is 20.0 Å². The summed E-state index contributed by atoms with van der Waals surface area (Å²) in [6.45, 7) is 3.27. The van der Waals surface area contributed by atoms with Gasteiger partial charge in [-0.2, -0.15) is 8.61 Å². The number of hydrogen-bond donors (Lipinski definition) is 0. The highest BCUT2D eigenvalue weighted by atomic mass is 35.5. The van der Waals surface area contributed by atoms with Gasteiger partial charge in [-0.05, 0) is 82.1 Å². The number of fused-ring (bicyclic) bond motifs is 2. The van der Waals surface area contributed by atoms with Crippen LogP contribution in [0.4, 0.5) is 0 Å². The first kappa shape index (κ1) is 29.3. The molecule has 6 rings (SSSR count). The summed E-state index contributed by atoms with van der Waals surface area (Å²) in [6.07, 6.45) is 10.3. The van der Waals surface area contributed by atoms with Gasteiger partial charge in [0.2, 0.25) is 20.0 Å². The predicted molar refractivity (Wildman–Crippen MR) is 158 cm³/mol. The molecule has 0 amide bonds. The normalized spacial score (nSPS) is 28.1. The second-order valence-corrected chi connectivity index (χ2v) is 16.3. The summed E-state index contributed by atoms with van der Waals surface area (Å²) in [7, 11) is -7.13. The van der Waals surface area contributed by atoms with Crippen LogP contribution in [0.25, 0.3) is 0 Å². The van der Waals surface area contributed by atoms with Gasteiger partial charge in [0.05, 0.1) is 10.8 Å². The minimum atomic E-state index is -3.75. The zero-order valence-corrected chi connectivity index (χ0v) is 25.8. The third-order valence-electron chi connectivity index (χ3n) is 9.34. The summed E-state index contributed by atoms with van der Waals surface area (Å²) in [5.41, 5.74) is 0.622. The molecule has 2 bridgehead atoms. The van der Waals surface area contributed by atoms with Crippen molar-refractivity contribution in [2.45, 2.75) is 93.5 Å². The van der Waals surface area contributed by atoms with Gasteiger partial charge in [0, 0.05) is 56.2 Å². The molecule has 4 fully saturated rings. The van der Waals surface area contributed by atoms with Crippen LogP contribution in [0.5, 0.6) is 5.75 Å². The Hall–Kier alpha value is -1.76. The van der Waals surface area contributed by atoms with Gasteiger partial charge in [0.1, 0.15) is 16.7 Å². The van der Waals surface area contributed by atoms with Crippen LogP contribution < -0.4 is 4.74 Å². The summed E-state index contributed by atoms with van der Waals surface area (Å²) in [5.74, 6) is 0.903. The smallest absolute Gasteiger partial charge is 0.245 e. The fourth-order valence-corrected chi connectivity index (χ4v) is 11.5. The van der Waals surface area contributed by atoms with Gasteiger partial charge < -0.3 is 4.74 Å². The SMILES string of the molecule is Cc1cccc(Cl)c1S(=O)(=O)N1CCCC1CCCS(=O)(=O)N1CC(N2[C@@H]3CC[C@H]2CC(Oc2ccncc2)C3)C1. The number of ether oxygens (including phenoxy) is 1. The fourth-order valence-electron chi connectivity index (χ4n) is 7.40. The molecule has 5 heterocycles. The van der Waals surface area contributed by atoms with E-state index in [0.717, 1.165) is 44.3 Å². The van der Waals surface area contributed by atoms with Gasteiger partial charge in [0.15, 0.2) is 0 Å². The summed E-state index contributed by atoms with van der Waals surface area (Å²) < 4.78 is 62.6. The lowest BCUT2D eigenvalue weighted by atomic mass is 9.95. The van der Waals surface area contributed by atoms with E-state index in [-0.39, 0.29) is 33.9 Å². The molecule has 1 aromatic heterocycles. The number of pyridine rings is 1. The minimum Gasteiger partial charge on any atom is -0.490 e. The number of halogens is 1. The van der Waals surface area contributed by atoms with Crippen LogP contribution in [0, 0.1) is 6.92 Å².